The van der Waals surface area contributed by atoms with Crippen molar-refractivity contribution in [2.45, 2.75) is 25.4 Å². The molecule has 0 unspecified atom stereocenters. The molecule has 2 N–H and O–H groups in total. The molecule has 0 amide bonds. The van der Waals surface area contributed by atoms with Gasteiger partial charge in [-0.1, -0.05) is 12.2 Å². The number of carboxylic acids is 1. The second-order valence-electron chi connectivity index (χ2n) is 3.59. The number of carboxylic acid groups (broad SMARTS) is 1. The molecule has 3 nitrogen and oxygen atoms in total. The molecule has 0 aromatic carbocycles. The van der Waals surface area contributed by atoms with E-state index in [9.17, 15) is 4.79 Å². The summed E-state index contributed by atoms with van der Waals surface area (Å²) in [6.07, 6.45) is 6.51. The highest BCUT2D eigenvalue weighted by molar-refractivity contribution is 7.13. The van der Waals surface area contributed by atoms with E-state index in [1.165, 1.54) is 11.3 Å². The van der Waals surface area contributed by atoms with Crippen LogP contribution in [0.15, 0.2) is 24.3 Å². The summed E-state index contributed by atoms with van der Waals surface area (Å²) in [4.78, 5) is 12.2. The first-order valence-corrected chi connectivity index (χ1v) is 5.78. The summed E-state index contributed by atoms with van der Waals surface area (Å²) >= 11 is 1.34. The summed E-state index contributed by atoms with van der Waals surface area (Å²) in [6, 6.07) is 4.07. The third-order valence-electron chi connectivity index (χ3n) is 2.45. The second kappa shape index (κ2) is 4.59. The molecular formula is C11H13NO2S. The predicted molar refractivity (Wildman–Crippen MR) is 60.3 cm³/mol. The topological polar surface area (TPSA) is 49.3 Å². The van der Waals surface area contributed by atoms with Crippen LogP contribution in [0.5, 0.6) is 0 Å². The third-order valence-corrected chi connectivity index (χ3v) is 3.52. The van der Waals surface area contributed by atoms with Gasteiger partial charge in [0.1, 0.15) is 4.88 Å². The van der Waals surface area contributed by atoms with Gasteiger partial charge in [-0.25, -0.2) is 4.79 Å². The third kappa shape index (κ3) is 2.67. The fraction of sp³-hybridized carbons (Fsp3) is 0.364. The van der Waals surface area contributed by atoms with Crippen LogP contribution in [-0.4, -0.2) is 17.1 Å². The second-order valence-corrected chi connectivity index (χ2v) is 4.76. The highest BCUT2D eigenvalue weighted by atomic mass is 32.1. The van der Waals surface area contributed by atoms with Crippen molar-refractivity contribution in [1.29, 1.82) is 0 Å². The first-order chi connectivity index (χ1) is 7.25. The van der Waals surface area contributed by atoms with Crippen LogP contribution in [0.4, 0.5) is 0 Å². The molecule has 1 aliphatic rings. The maximum atomic E-state index is 10.7. The maximum Gasteiger partial charge on any atom is 0.345 e. The maximum absolute atomic E-state index is 10.7. The van der Waals surface area contributed by atoms with Crippen molar-refractivity contribution in [1.82, 2.24) is 5.32 Å². The van der Waals surface area contributed by atoms with Gasteiger partial charge in [0.15, 0.2) is 0 Å². The summed E-state index contributed by atoms with van der Waals surface area (Å²) in [7, 11) is 0. The van der Waals surface area contributed by atoms with Crippen LogP contribution in [0.2, 0.25) is 0 Å². The number of carbonyl (C=O) groups is 1. The van der Waals surface area contributed by atoms with E-state index in [0.29, 0.717) is 10.9 Å². The molecule has 1 heterocycles. The van der Waals surface area contributed by atoms with Crippen LogP contribution < -0.4 is 5.32 Å². The first-order valence-electron chi connectivity index (χ1n) is 4.96. The van der Waals surface area contributed by atoms with E-state index in [1.807, 2.05) is 6.07 Å². The Labute approximate surface area is 92.4 Å². The average molecular weight is 223 g/mol. The number of hydrogen-bond donors (Lipinski definition) is 2. The molecule has 0 aliphatic heterocycles. The standard InChI is InChI=1S/C11H13NO2S/c13-11(14)10-6-5-9(15-10)7-12-8-3-1-2-4-8/h1-2,5-6,8,12H,3-4,7H2,(H,13,14). The molecule has 0 atom stereocenters. The number of thiophene rings is 1. The minimum atomic E-state index is -0.839. The van der Waals surface area contributed by atoms with Crippen molar-refractivity contribution in [2.75, 3.05) is 0 Å². The first kappa shape index (κ1) is 10.4. The Morgan fingerprint density at radius 2 is 2.20 bits per heavy atom. The molecule has 0 saturated carbocycles. The Bertz CT molecular complexity index is 376. The molecule has 1 aromatic heterocycles. The lowest BCUT2D eigenvalue weighted by Crippen LogP contribution is -2.25. The normalized spacial score (nSPS) is 16.0. The smallest absolute Gasteiger partial charge is 0.345 e. The van der Waals surface area contributed by atoms with Crippen LogP contribution in [0.1, 0.15) is 27.4 Å². The lowest BCUT2D eigenvalue weighted by atomic mass is 10.2. The van der Waals surface area contributed by atoms with Gasteiger partial charge in [0, 0.05) is 17.5 Å². The molecule has 15 heavy (non-hydrogen) atoms. The summed E-state index contributed by atoms with van der Waals surface area (Å²) < 4.78 is 0. The Morgan fingerprint density at radius 3 is 2.80 bits per heavy atom. The molecule has 0 spiro atoms. The summed E-state index contributed by atoms with van der Waals surface area (Å²) in [5.74, 6) is -0.839. The highest BCUT2D eigenvalue weighted by Crippen LogP contribution is 2.17. The van der Waals surface area contributed by atoms with Gasteiger partial charge in [0.05, 0.1) is 0 Å². The van der Waals surface area contributed by atoms with E-state index in [-0.39, 0.29) is 0 Å². The zero-order valence-electron chi connectivity index (χ0n) is 8.27. The fourth-order valence-corrected chi connectivity index (χ4v) is 2.41. The summed E-state index contributed by atoms with van der Waals surface area (Å²) in [5, 5.41) is 12.2. The molecule has 4 heteroatoms. The molecule has 2 rings (SSSR count). The lowest BCUT2D eigenvalue weighted by Gasteiger charge is -2.09. The van der Waals surface area contributed by atoms with Crippen molar-refractivity contribution in [3.63, 3.8) is 0 Å². The van der Waals surface area contributed by atoms with Gasteiger partial charge in [0.2, 0.25) is 0 Å². The van der Waals surface area contributed by atoms with Crippen molar-refractivity contribution >= 4 is 17.3 Å². The van der Waals surface area contributed by atoms with Crippen LogP contribution in [-0.2, 0) is 6.54 Å². The van der Waals surface area contributed by atoms with E-state index in [1.54, 1.807) is 6.07 Å². The number of aromatic carboxylic acids is 1. The van der Waals surface area contributed by atoms with Crippen molar-refractivity contribution in [2.24, 2.45) is 0 Å². The Hall–Kier alpha value is -1.13. The molecule has 1 aliphatic carbocycles. The highest BCUT2D eigenvalue weighted by Gasteiger charge is 2.11. The molecule has 0 radical (unpaired) electrons. The zero-order valence-corrected chi connectivity index (χ0v) is 9.09. The predicted octanol–water partition coefficient (Wildman–Crippen LogP) is 2.25. The van der Waals surface area contributed by atoms with Crippen molar-refractivity contribution < 1.29 is 9.90 Å². The van der Waals surface area contributed by atoms with Gasteiger partial charge in [0.25, 0.3) is 0 Å². The van der Waals surface area contributed by atoms with Crippen LogP contribution in [0, 0.1) is 0 Å². The Morgan fingerprint density at radius 1 is 1.47 bits per heavy atom. The summed E-state index contributed by atoms with van der Waals surface area (Å²) in [6.45, 7) is 0.768. The zero-order chi connectivity index (χ0) is 10.7. The van der Waals surface area contributed by atoms with Crippen molar-refractivity contribution in [3.8, 4) is 0 Å². The molecule has 0 bridgehead atoms. The van der Waals surface area contributed by atoms with E-state index in [2.05, 4.69) is 17.5 Å². The molecule has 1 aromatic rings. The molecule has 0 fully saturated rings. The lowest BCUT2D eigenvalue weighted by molar-refractivity contribution is 0.0702. The van der Waals surface area contributed by atoms with E-state index in [4.69, 9.17) is 5.11 Å². The quantitative estimate of drug-likeness (QED) is 0.770. The van der Waals surface area contributed by atoms with Gasteiger partial charge in [-0.15, -0.1) is 11.3 Å². The van der Waals surface area contributed by atoms with Gasteiger partial charge in [-0.3, -0.25) is 0 Å². The number of rotatable bonds is 4. The summed E-state index contributed by atoms with van der Waals surface area (Å²) in [5.41, 5.74) is 0. The largest absolute Gasteiger partial charge is 0.477 e. The average Bonchev–Trinajstić information content (AvgIpc) is 2.86. The molecular weight excluding hydrogens is 210 g/mol. The van der Waals surface area contributed by atoms with Gasteiger partial charge in [-0.2, -0.15) is 0 Å². The molecule has 0 saturated heterocycles. The Balaban J connectivity index is 1.85. The van der Waals surface area contributed by atoms with Gasteiger partial charge >= 0.3 is 5.97 Å². The monoisotopic (exact) mass is 223 g/mol. The minimum absolute atomic E-state index is 0.413. The molecule has 80 valence electrons. The van der Waals surface area contributed by atoms with Crippen molar-refractivity contribution in [3.05, 3.63) is 34.0 Å². The number of nitrogens with one attached hydrogen (secondary N) is 1. The van der Waals surface area contributed by atoms with Gasteiger partial charge < -0.3 is 10.4 Å². The van der Waals surface area contributed by atoms with E-state index < -0.39 is 5.97 Å². The number of hydrogen-bond acceptors (Lipinski definition) is 3. The van der Waals surface area contributed by atoms with Crippen LogP contribution in [0.25, 0.3) is 0 Å². The van der Waals surface area contributed by atoms with Crippen LogP contribution >= 0.6 is 11.3 Å². The van der Waals surface area contributed by atoms with E-state index >= 15 is 0 Å². The minimum Gasteiger partial charge on any atom is -0.477 e. The van der Waals surface area contributed by atoms with Gasteiger partial charge in [-0.05, 0) is 25.0 Å². The van der Waals surface area contributed by atoms with Crippen LogP contribution in [0.3, 0.4) is 0 Å². The fourth-order valence-electron chi connectivity index (χ4n) is 1.62. The Kier molecular flexibility index (Phi) is 3.18. The SMILES string of the molecule is O=C(O)c1ccc(CNC2CC=CC2)s1. The van der Waals surface area contributed by atoms with E-state index in [0.717, 1.165) is 24.3 Å².